The van der Waals surface area contributed by atoms with Gasteiger partial charge in [0, 0.05) is 31.7 Å². The molecule has 0 unspecified atom stereocenters. The first kappa shape index (κ1) is 20.1. The lowest BCUT2D eigenvalue weighted by Gasteiger charge is -2.13. The van der Waals surface area contributed by atoms with Gasteiger partial charge >= 0.3 is 0 Å². The van der Waals surface area contributed by atoms with E-state index in [4.69, 9.17) is 0 Å². The first-order valence-corrected chi connectivity index (χ1v) is 8.28. The number of hydrogen-bond donors (Lipinski definition) is 2. The minimum absolute atomic E-state index is 0. The predicted molar refractivity (Wildman–Crippen MR) is 115 cm³/mol. The normalized spacial score (nSPS) is 11.1. The third kappa shape index (κ3) is 5.39. The first-order chi connectivity index (χ1) is 12.3. The second-order valence-corrected chi connectivity index (χ2v) is 5.72. The van der Waals surface area contributed by atoms with Gasteiger partial charge in [-0.15, -0.1) is 24.0 Å². The van der Waals surface area contributed by atoms with E-state index in [1.165, 1.54) is 6.07 Å². The number of nitrogens with zero attached hydrogens (tertiary/aromatic N) is 2. The highest BCUT2D eigenvalue weighted by Gasteiger charge is 2.03. The molecule has 1 aromatic heterocycles. The minimum atomic E-state index is -0.205. The zero-order valence-corrected chi connectivity index (χ0v) is 16.9. The zero-order valence-electron chi connectivity index (χ0n) is 14.6. The highest BCUT2D eigenvalue weighted by atomic mass is 127. The number of rotatable bonds is 5. The lowest BCUT2D eigenvalue weighted by atomic mass is 10.1. The third-order valence-electron chi connectivity index (χ3n) is 3.98. The van der Waals surface area contributed by atoms with Crippen LogP contribution in [-0.4, -0.2) is 24.5 Å². The third-order valence-corrected chi connectivity index (χ3v) is 3.98. The fourth-order valence-electron chi connectivity index (χ4n) is 2.73. The van der Waals surface area contributed by atoms with Crippen LogP contribution in [-0.2, 0) is 13.0 Å². The van der Waals surface area contributed by atoms with Crippen molar-refractivity contribution in [2.75, 3.05) is 13.6 Å². The molecule has 0 saturated heterocycles. The van der Waals surface area contributed by atoms with Crippen molar-refractivity contribution >= 4 is 40.8 Å². The lowest BCUT2D eigenvalue weighted by Crippen LogP contribution is -2.37. The summed E-state index contributed by atoms with van der Waals surface area (Å²) >= 11 is 0. The summed E-state index contributed by atoms with van der Waals surface area (Å²) in [5.74, 6) is 0.507. The van der Waals surface area contributed by atoms with Gasteiger partial charge in [-0.3, -0.25) is 9.98 Å². The van der Waals surface area contributed by atoms with Crippen LogP contribution in [0.25, 0.3) is 10.9 Å². The van der Waals surface area contributed by atoms with Crippen molar-refractivity contribution in [3.63, 3.8) is 0 Å². The fraction of sp³-hybridized carbons (Fsp3) is 0.200. The number of guanidine groups is 1. The SMILES string of the molecule is CN=C(NCCc1cccc(F)c1)NCc1cccc2cccnc12.I. The summed E-state index contributed by atoms with van der Waals surface area (Å²) in [6, 6.07) is 16.8. The number of pyridine rings is 1. The maximum Gasteiger partial charge on any atom is 0.191 e. The van der Waals surface area contributed by atoms with Crippen LogP contribution in [0.3, 0.4) is 0 Å². The molecule has 26 heavy (non-hydrogen) atoms. The first-order valence-electron chi connectivity index (χ1n) is 8.28. The smallest absolute Gasteiger partial charge is 0.191 e. The van der Waals surface area contributed by atoms with Crippen molar-refractivity contribution in [3.8, 4) is 0 Å². The molecule has 2 N–H and O–H groups in total. The van der Waals surface area contributed by atoms with Gasteiger partial charge in [-0.05, 0) is 35.7 Å². The van der Waals surface area contributed by atoms with E-state index in [0.717, 1.165) is 28.5 Å². The van der Waals surface area contributed by atoms with Crippen molar-refractivity contribution in [2.24, 2.45) is 4.99 Å². The summed E-state index contributed by atoms with van der Waals surface area (Å²) in [6.07, 6.45) is 2.53. The highest BCUT2D eigenvalue weighted by Crippen LogP contribution is 2.15. The highest BCUT2D eigenvalue weighted by molar-refractivity contribution is 14.0. The van der Waals surface area contributed by atoms with Crippen LogP contribution in [0.5, 0.6) is 0 Å². The van der Waals surface area contributed by atoms with Crippen LogP contribution in [0.15, 0.2) is 65.8 Å². The van der Waals surface area contributed by atoms with Crippen LogP contribution in [0.2, 0.25) is 0 Å². The van der Waals surface area contributed by atoms with E-state index in [0.29, 0.717) is 19.0 Å². The van der Waals surface area contributed by atoms with Crippen molar-refractivity contribution in [2.45, 2.75) is 13.0 Å². The molecule has 3 rings (SSSR count). The molecule has 2 aromatic carbocycles. The monoisotopic (exact) mass is 464 g/mol. The molecule has 0 aliphatic heterocycles. The van der Waals surface area contributed by atoms with Crippen molar-refractivity contribution in [3.05, 3.63) is 77.7 Å². The molecule has 6 heteroatoms. The standard InChI is InChI=1S/C20H21FN4.HI/c1-22-20(24-12-10-15-5-2-9-18(21)13-15)25-14-17-7-3-6-16-8-4-11-23-19(16)17;/h2-9,11,13H,10,12,14H2,1H3,(H2,22,24,25);1H. The van der Waals surface area contributed by atoms with E-state index in [-0.39, 0.29) is 29.8 Å². The summed E-state index contributed by atoms with van der Waals surface area (Å²) in [4.78, 5) is 8.69. The largest absolute Gasteiger partial charge is 0.356 e. The Bertz CT molecular complexity index is 877. The predicted octanol–water partition coefficient (Wildman–Crippen LogP) is 3.90. The van der Waals surface area contributed by atoms with Crippen molar-refractivity contribution < 1.29 is 4.39 Å². The topological polar surface area (TPSA) is 49.3 Å². The van der Waals surface area contributed by atoms with Crippen molar-refractivity contribution in [1.29, 1.82) is 0 Å². The summed E-state index contributed by atoms with van der Waals surface area (Å²) in [5, 5.41) is 7.67. The Morgan fingerprint density at radius 1 is 1.08 bits per heavy atom. The molecule has 1 heterocycles. The number of fused-ring (bicyclic) bond motifs is 1. The van der Waals surface area contributed by atoms with E-state index in [2.05, 4.69) is 38.8 Å². The van der Waals surface area contributed by atoms with Gasteiger partial charge in [0.25, 0.3) is 0 Å². The summed E-state index contributed by atoms with van der Waals surface area (Å²) < 4.78 is 13.2. The van der Waals surface area contributed by atoms with Gasteiger partial charge in [0.15, 0.2) is 5.96 Å². The number of para-hydroxylation sites is 1. The number of aliphatic imine (C=N–C) groups is 1. The van der Waals surface area contributed by atoms with E-state index < -0.39 is 0 Å². The number of aromatic nitrogens is 1. The molecule has 0 aliphatic rings. The van der Waals surface area contributed by atoms with Crippen molar-refractivity contribution in [1.82, 2.24) is 15.6 Å². The molecule has 0 saturated carbocycles. The molecule has 0 fully saturated rings. The number of halogens is 2. The second-order valence-electron chi connectivity index (χ2n) is 5.72. The van der Waals surface area contributed by atoms with E-state index in [9.17, 15) is 4.39 Å². The number of nitrogens with one attached hydrogen (secondary N) is 2. The Balaban J connectivity index is 0.00000243. The quantitative estimate of drug-likeness (QED) is 0.342. The van der Waals surface area contributed by atoms with Gasteiger partial charge in [-0.25, -0.2) is 4.39 Å². The Morgan fingerprint density at radius 2 is 1.88 bits per heavy atom. The average Bonchev–Trinajstić information content (AvgIpc) is 2.64. The Kier molecular flexibility index (Phi) is 7.77. The number of benzene rings is 2. The summed E-state index contributed by atoms with van der Waals surface area (Å²) in [5.41, 5.74) is 3.07. The molecule has 0 aliphatic carbocycles. The van der Waals surface area contributed by atoms with Gasteiger partial charge in [0.2, 0.25) is 0 Å². The molecule has 4 nitrogen and oxygen atoms in total. The maximum absolute atomic E-state index is 13.2. The Labute approximate surface area is 170 Å². The van der Waals surface area contributed by atoms with Gasteiger partial charge in [0.1, 0.15) is 5.82 Å². The second kappa shape index (κ2) is 10.1. The van der Waals surface area contributed by atoms with Crippen LogP contribution in [0, 0.1) is 5.82 Å². The Hall–Kier alpha value is -2.22. The van der Waals surface area contributed by atoms with E-state index >= 15 is 0 Å². The van der Waals surface area contributed by atoms with Crippen LogP contribution < -0.4 is 10.6 Å². The molecule has 0 radical (unpaired) electrons. The summed E-state index contributed by atoms with van der Waals surface area (Å²) in [6.45, 7) is 1.31. The minimum Gasteiger partial charge on any atom is -0.356 e. The molecule has 0 amide bonds. The van der Waals surface area contributed by atoms with E-state index in [1.54, 1.807) is 25.4 Å². The molecule has 0 spiro atoms. The van der Waals surface area contributed by atoms with Gasteiger partial charge in [0.05, 0.1) is 5.52 Å². The lowest BCUT2D eigenvalue weighted by molar-refractivity contribution is 0.625. The van der Waals surface area contributed by atoms with Crippen LogP contribution in [0.4, 0.5) is 4.39 Å². The van der Waals surface area contributed by atoms with Crippen LogP contribution in [0.1, 0.15) is 11.1 Å². The number of hydrogen-bond acceptors (Lipinski definition) is 2. The molecular weight excluding hydrogens is 442 g/mol. The zero-order chi connectivity index (χ0) is 17.5. The van der Waals surface area contributed by atoms with Gasteiger partial charge in [-0.2, -0.15) is 0 Å². The van der Waals surface area contributed by atoms with Gasteiger partial charge in [-0.1, -0.05) is 36.4 Å². The summed E-state index contributed by atoms with van der Waals surface area (Å²) in [7, 11) is 1.73. The molecular formula is C20H22FIN4. The van der Waals surface area contributed by atoms with Crippen LogP contribution >= 0.6 is 24.0 Å². The molecule has 0 bridgehead atoms. The molecule has 3 aromatic rings. The Morgan fingerprint density at radius 3 is 2.69 bits per heavy atom. The molecule has 136 valence electrons. The average molecular weight is 464 g/mol. The maximum atomic E-state index is 13.2. The van der Waals surface area contributed by atoms with Gasteiger partial charge < -0.3 is 10.6 Å². The van der Waals surface area contributed by atoms with E-state index in [1.807, 2.05) is 18.2 Å². The molecule has 0 atom stereocenters. The fourth-order valence-corrected chi connectivity index (χ4v) is 2.73.